The van der Waals surface area contributed by atoms with Gasteiger partial charge in [-0.3, -0.25) is 4.79 Å². The molecule has 3 rings (SSSR count). The molecular weight excluding hydrogens is 387 g/mol. The lowest BCUT2D eigenvalue weighted by Gasteiger charge is -2.45. The molecule has 9 heteroatoms. The Bertz CT molecular complexity index is 901. The molecular formula is C20H20F3N3O3. The second-order valence-corrected chi connectivity index (χ2v) is 7.03. The number of alkyl halides is 3. The topological polar surface area (TPSA) is 81.7 Å². The van der Waals surface area contributed by atoms with Gasteiger partial charge in [-0.05, 0) is 17.7 Å². The van der Waals surface area contributed by atoms with Crippen LogP contribution in [0.4, 0.5) is 23.7 Å². The van der Waals surface area contributed by atoms with Crippen LogP contribution in [-0.2, 0) is 0 Å². The van der Waals surface area contributed by atoms with Crippen molar-refractivity contribution in [2.24, 2.45) is 5.92 Å². The maximum atomic E-state index is 13.8. The van der Waals surface area contributed by atoms with Gasteiger partial charge in [0.25, 0.3) is 0 Å². The number of urea groups is 1. The second kappa shape index (κ2) is 7.40. The van der Waals surface area contributed by atoms with Gasteiger partial charge in [0.2, 0.25) is 5.72 Å². The van der Waals surface area contributed by atoms with Crippen LogP contribution >= 0.6 is 0 Å². The Morgan fingerprint density at radius 2 is 1.66 bits per heavy atom. The molecule has 1 aliphatic rings. The van der Waals surface area contributed by atoms with Crippen molar-refractivity contribution in [3.63, 3.8) is 0 Å². The van der Waals surface area contributed by atoms with E-state index in [0.29, 0.717) is 0 Å². The molecule has 0 spiro atoms. The summed E-state index contributed by atoms with van der Waals surface area (Å²) < 4.78 is 41.5. The highest BCUT2D eigenvalue weighted by Crippen LogP contribution is 2.44. The minimum Gasteiger partial charge on any atom is -0.378 e. The van der Waals surface area contributed by atoms with Crippen LogP contribution in [0.5, 0.6) is 0 Å². The van der Waals surface area contributed by atoms with Crippen LogP contribution in [0.15, 0.2) is 54.6 Å². The summed E-state index contributed by atoms with van der Waals surface area (Å²) in [6.45, 7) is 0. The standard InChI is InChI=1S/C20H20F3N3O3/c1-26(2)14-10-8-12(9-11-14)16-15(17(27)13-6-4-3-5-7-13)19(29,20(21,22)23)25-18(28)24-16/h3-11,15-16,29H,1-2H3,(H2,24,25,28)/t15-,16+,19+/m0/s1. The largest absolute Gasteiger partial charge is 0.437 e. The zero-order chi connectivity index (χ0) is 21.4. The highest BCUT2D eigenvalue weighted by Gasteiger charge is 2.66. The predicted molar refractivity (Wildman–Crippen MR) is 100 cm³/mol. The van der Waals surface area contributed by atoms with Crippen LogP contribution in [0.25, 0.3) is 0 Å². The van der Waals surface area contributed by atoms with E-state index < -0.39 is 35.7 Å². The van der Waals surface area contributed by atoms with E-state index in [-0.39, 0.29) is 11.1 Å². The number of nitrogens with one attached hydrogen (secondary N) is 2. The molecule has 1 aliphatic heterocycles. The maximum absolute atomic E-state index is 13.8. The molecule has 3 N–H and O–H groups in total. The normalized spacial score (nSPS) is 24.4. The summed E-state index contributed by atoms with van der Waals surface area (Å²) in [6.07, 6.45) is -5.28. The van der Waals surface area contributed by atoms with Gasteiger partial charge in [0.05, 0.1) is 6.04 Å². The lowest BCUT2D eigenvalue weighted by atomic mass is 9.77. The number of hydrogen-bond donors (Lipinski definition) is 3. The first-order valence-electron chi connectivity index (χ1n) is 8.79. The molecule has 154 valence electrons. The van der Waals surface area contributed by atoms with Crippen molar-refractivity contribution in [1.29, 1.82) is 0 Å². The van der Waals surface area contributed by atoms with Gasteiger partial charge >= 0.3 is 12.2 Å². The zero-order valence-electron chi connectivity index (χ0n) is 15.7. The summed E-state index contributed by atoms with van der Waals surface area (Å²) in [6, 6.07) is 11.1. The van der Waals surface area contributed by atoms with Crippen molar-refractivity contribution in [1.82, 2.24) is 10.6 Å². The van der Waals surface area contributed by atoms with E-state index in [4.69, 9.17) is 0 Å². The molecule has 1 saturated heterocycles. The number of hydrogen-bond acceptors (Lipinski definition) is 4. The van der Waals surface area contributed by atoms with Crippen molar-refractivity contribution < 1.29 is 27.9 Å². The van der Waals surface area contributed by atoms with E-state index >= 15 is 0 Å². The first kappa shape index (κ1) is 20.7. The monoisotopic (exact) mass is 407 g/mol. The molecule has 0 aromatic heterocycles. The van der Waals surface area contributed by atoms with Gasteiger partial charge in [-0.15, -0.1) is 0 Å². The van der Waals surface area contributed by atoms with Gasteiger partial charge in [0, 0.05) is 25.3 Å². The predicted octanol–water partition coefficient (Wildman–Crippen LogP) is 2.86. The first-order valence-corrected chi connectivity index (χ1v) is 8.79. The van der Waals surface area contributed by atoms with Crippen molar-refractivity contribution in [2.45, 2.75) is 17.9 Å². The number of anilines is 1. The summed E-state index contributed by atoms with van der Waals surface area (Å²) in [5, 5.41) is 14.4. The SMILES string of the molecule is CN(C)c1ccc([C@H]2NC(=O)N[C@](O)(C(F)(F)F)[C@@H]2C(=O)c2ccccc2)cc1. The summed E-state index contributed by atoms with van der Waals surface area (Å²) in [5.74, 6) is -2.98. The van der Waals surface area contributed by atoms with E-state index in [1.807, 2.05) is 0 Å². The number of Topliss-reactive ketones (excluding diaryl/α,β-unsaturated/α-hetero) is 1. The van der Waals surface area contributed by atoms with E-state index in [1.54, 1.807) is 37.2 Å². The average molecular weight is 407 g/mol. The highest BCUT2D eigenvalue weighted by molar-refractivity contribution is 6.00. The van der Waals surface area contributed by atoms with Crippen molar-refractivity contribution in [2.75, 3.05) is 19.0 Å². The van der Waals surface area contributed by atoms with Crippen LogP contribution in [-0.4, -0.2) is 42.9 Å². The molecule has 1 heterocycles. The minimum absolute atomic E-state index is 0.00645. The second-order valence-electron chi connectivity index (χ2n) is 7.03. The van der Waals surface area contributed by atoms with Gasteiger partial charge in [-0.1, -0.05) is 42.5 Å². The van der Waals surface area contributed by atoms with Gasteiger partial charge in [-0.2, -0.15) is 13.2 Å². The van der Waals surface area contributed by atoms with Crippen molar-refractivity contribution >= 4 is 17.5 Å². The third-order valence-corrected chi connectivity index (χ3v) is 4.92. The van der Waals surface area contributed by atoms with Gasteiger partial charge in [0.15, 0.2) is 5.78 Å². The number of ketones is 1. The average Bonchev–Trinajstić information content (AvgIpc) is 2.67. The fourth-order valence-electron chi connectivity index (χ4n) is 3.38. The Balaban J connectivity index is 2.13. The van der Waals surface area contributed by atoms with E-state index in [1.165, 1.54) is 41.7 Å². The fraction of sp³-hybridized carbons (Fsp3) is 0.300. The Labute approximate surface area is 165 Å². The number of rotatable bonds is 4. The fourth-order valence-corrected chi connectivity index (χ4v) is 3.38. The molecule has 2 aromatic carbocycles. The molecule has 2 amide bonds. The third kappa shape index (κ3) is 3.77. The molecule has 29 heavy (non-hydrogen) atoms. The van der Waals surface area contributed by atoms with Gasteiger partial charge in [0.1, 0.15) is 5.92 Å². The van der Waals surface area contributed by atoms with Crippen molar-refractivity contribution in [3.05, 3.63) is 65.7 Å². The van der Waals surface area contributed by atoms with Crippen molar-refractivity contribution in [3.8, 4) is 0 Å². The van der Waals surface area contributed by atoms with Crippen LogP contribution in [0.3, 0.4) is 0 Å². The molecule has 0 unspecified atom stereocenters. The summed E-state index contributed by atoms with van der Waals surface area (Å²) in [4.78, 5) is 26.9. The van der Waals surface area contributed by atoms with Crippen LogP contribution < -0.4 is 15.5 Å². The lowest BCUT2D eigenvalue weighted by molar-refractivity contribution is -0.287. The Hall–Kier alpha value is -3.07. The minimum atomic E-state index is -5.28. The molecule has 6 nitrogen and oxygen atoms in total. The zero-order valence-corrected chi connectivity index (χ0v) is 15.7. The number of carbonyl (C=O) groups excluding carboxylic acids is 2. The van der Waals surface area contributed by atoms with E-state index in [0.717, 1.165) is 5.69 Å². The van der Waals surface area contributed by atoms with E-state index in [2.05, 4.69) is 5.32 Å². The molecule has 2 aromatic rings. The number of benzene rings is 2. The number of aliphatic hydroxyl groups is 1. The van der Waals surface area contributed by atoms with E-state index in [9.17, 15) is 27.9 Å². The summed E-state index contributed by atoms with van der Waals surface area (Å²) in [5.41, 5.74) is -2.69. The highest BCUT2D eigenvalue weighted by atomic mass is 19.4. The molecule has 3 atom stereocenters. The number of amides is 2. The summed E-state index contributed by atoms with van der Waals surface area (Å²) >= 11 is 0. The Morgan fingerprint density at radius 1 is 1.07 bits per heavy atom. The summed E-state index contributed by atoms with van der Waals surface area (Å²) in [7, 11) is 3.59. The Morgan fingerprint density at radius 3 is 2.17 bits per heavy atom. The number of carbonyl (C=O) groups is 2. The number of halogens is 3. The van der Waals surface area contributed by atoms with Crippen LogP contribution in [0.2, 0.25) is 0 Å². The smallest absolute Gasteiger partial charge is 0.378 e. The van der Waals surface area contributed by atoms with Crippen LogP contribution in [0, 0.1) is 5.92 Å². The Kier molecular flexibility index (Phi) is 5.27. The maximum Gasteiger partial charge on any atom is 0.437 e. The number of nitrogens with zero attached hydrogens (tertiary/aromatic N) is 1. The molecule has 0 saturated carbocycles. The molecule has 0 radical (unpaired) electrons. The van der Waals surface area contributed by atoms with Crippen LogP contribution in [0.1, 0.15) is 22.0 Å². The van der Waals surface area contributed by atoms with Gasteiger partial charge in [-0.25, -0.2) is 4.79 Å². The first-order chi connectivity index (χ1) is 13.5. The lowest BCUT2D eigenvalue weighted by Crippen LogP contribution is -2.72. The molecule has 0 aliphatic carbocycles. The molecule has 1 fully saturated rings. The molecule has 0 bridgehead atoms. The third-order valence-electron chi connectivity index (χ3n) is 4.92. The quantitative estimate of drug-likeness (QED) is 0.681. The van der Waals surface area contributed by atoms with Gasteiger partial charge < -0.3 is 20.6 Å².